The van der Waals surface area contributed by atoms with Gasteiger partial charge < -0.3 is 14.8 Å². The molecule has 0 radical (unpaired) electrons. The molecule has 0 spiro atoms. The highest BCUT2D eigenvalue weighted by Gasteiger charge is 2.38. The molecule has 128 valence electrons. The maximum atomic E-state index is 12.9. The Morgan fingerprint density at radius 3 is 2.62 bits per heavy atom. The van der Waals surface area contributed by atoms with Crippen molar-refractivity contribution < 1.29 is 4.79 Å². The average molecular weight is 325 g/mol. The van der Waals surface area contributed by atoms with Crippen molar-refractivity contribution >= 4 is 16.8 Å². The molecule has 2 saturated heterocycles. The molecule has 1 aromatic carbocycles. The maximum Gasteiger partial charge on any atom is 0.253 e. The molecule has 24 heavy (non-hydrogen) atoms. The largest absolute Gasteiger partial charge is 0.349 e. The van der Waals surface area contributed by atoms with Crippen LogP contribution in [0.25, 0.3) is 10.9 Å². The molecule has 4 heteroatoms. The van der Waals surface area contributed by atoms with Crippen LogP contribution in [0, 0.1) is 0 Å². The first-order valence-corrected chi connectivity index (χ1v) is 9.28. The first-order valence-electron chi connectivity index (χ1n) is 9.28. The molecule has 2 aromatic rings. The van der Waals surface area contributed by atoms with Gasteiger partial charge in [-0.25, -0.2) is 0 Å². The second kappa shape index (κ2) is 6.25. The summed E-state index contributed by atoms with van der Waals surface area (Å²) in [6, 6.07) is 9.85. The number of nitrogens with one attached hydrogen (secondary N) is 1. The van der Waals surface area contributed by atoms with E-state index in [-0.39, 0.29) is 5.91 Å². The second-order valence-electron chi connectivity index (χ2n) is 7.45. The number of piperidine rings is 1. The Morgan fingerprint density at radius 2 is 1.92 bits per heavy atom. The highest BCUT2D eigenvalue weighted by atomic mass is 16.1. The Hall–Kier alpha value is -1.81. The second-order valence-corrected chi connectivity index (χ2v) is 7.45. The van der Waals surface area contributed by atoms with Crippen molar-refractivity contribution in [2.24, 2.45) is 0 Å². The van der Waals surface area contributed by atoms with Crippen LogP contribution in [0.15, 0.2) is 30.5 Å². The SMILES string of the molecule is CCCn1cc(C(=O)NC2CC3CCC(C2)N3C)c2ccccc21. The van der Waals surface area contributed by atoms with Crippen molar-refractivity contribution in [3.8, 4) is 0 Å². The molecule has 4 rings (SSSR count). The number of para-hydroxylation sites is 1. The lowest BCUT2D eigenvalue weighted by atomic mass is 9.97. The van der Waals surface area contributed by atoms with Crippen LogP contribution in [0.3, 0.4) is 0 Å². The Balaban J connectivity index is 1.56. The van der Waals surface area contributed by atoms with Crippen LogP contribution in [-0.2, 0) is 6.54 Å². The van der Waals surface area contributed by atoms with Gasteiger partial charge in [-0.2, -0.15) is 0 Å². The van der Waals surface area contributed by atoms with Gasteiger partial charge in [0.05, 0.1) is 5.56 Å². The average Bonchev–Trinajstić information content (AvgIpc) is 3.02. The van der Waals surface area contributed by atoms with Crippen LogP contribution in [0.1, 0.15) is 49.4 Å². The number of aromatic nitrogens is 1. The third-order valence-corrected chi connectivity index (χ3v) is 5.93. The first-order chi connectivity index (χ1) is 11.7. The molecule has 2 fully saturated rings. The Kier molecular flexibility index (Phi) is 4.09. The Labute approximate surface area is 143 Å². The number of fused-ring (bicyclic) bond motifs is 3. The van der Waals surface area contributed by atoms with E-state index in [9.17, 15) is 4.79 Å². The first kappa shape index (κ1) is 15.7. The van der Waals surface area contributed by atoms with Crippen LogP contribution < -0.4 is 5.32 Å². The molecule has 1 aromatic heterocycles. The van der Waals surface area contributed by atoms with E-state index in [4.69, 9.17) is 0 Å². The molecular formula is C20H27N3O. The lowest BCUT2D eigenvalue weighted by Gasteiger charge is -2.36. The Morgan fingerprint density at radius 1 is 1.21 bits per heavy atom. The van der Waals surface area contributed by atoms with Crippen molar-refractivity contribution in [1.29, 1.82) is 0 Å². The smallest absolute Gasteiger partial charge is 0.253 e. The van der Waals surface area contributed by atoms with Crippen LogP contribution in [0.2, 0.25) is 0 Å². The molecule has 2 atom stereocenters. The minimum atomic E-state index is 0.0926. The fraction of sp³-hybridized carbons (Fsp3) is 0.550. The van der Waals surface area contributed by atoms with Crippen LogP contribution in [0.5, 0.6) is 0 Å². The van der Waals surface area contributed by atoms with Gasteiger partial charge in [0, 0.05) is 41.8 Å². The number of rotatable bonds is 4. The Bertz CT molecular complexity index is 736. The quantitative estimate of drug-likeness (QED) is 0.935. The zero-order chi connectivity index (χ0) is 16.7. The molecule has 4 nitrogen and oxygen atoms in total. The zero-order valence-electron chi connectivity index (χ0n) is 14.7. The van der Waals surface area contributed by atoms with Crippen molar-refractivity contribution in [3.63, 3.8) is 0 Å². The summed E-state index contributed by atoms with van der Waals surface area (Å²) in [4.78, 5) is 15.4. The predicted octanol–water partition coefficient (Wildman–Crippen LogP) is 3.41. The number of hydrogen-bond acceptors (Lipinski definition) is 2. The maximum absolute atomic E-state index is 12.9. The van der Waals surface area contributed by atoms with E-state index in [0.29, 0.717) is 18.1 Å². The fourth-order valence-corrected chi connectivity index (χ4v) is 4.65. The summed E-state index contributed by atoms with van der Waals surface area (Å²) in [5.41, 5.74) is 1.98. The van der Waals surface area contributed by atoms with Crippen LogP contribution >= 0.6 is 0 Å². The molecule has 0 saturated carbocycles. The topological polar surface area (TPSA) is 37.3 Å². The van der Waals surface area contributed by atoms with E-state index in [2.05, 4.69) is 40.9 Å². The summed E-state index contributed by atoms with van der Waals surface area (Å²) in [6.07, 6.45) is 7.84. The lowest BCUT2D eigenvalue weighted by molar-refractivity contribution is 0.0884. The van der Waals surface area contributed by atoms with E-state index in [1.807, 2.05) is 18.3 Å². The van der Waals surface area contributed by atoms with Gasteiger partial charge in [0.15, 0.2) is 0 Å². The van der Waals surface area contributed by atoms with E-state index in [1.165, 1.54) is 12.8 Å². The molecule has 1 N–H and O–H groups in total. The van der Waals surface area contributed by atoms with Crippen molar-refractivity contribution in [1.82, 2.24) is 14.8 Å². The molecule has 1 amide bonds. The summed E-state index contributed by atoms with van der Waals surface area (Å²) in [5, 5.41) is 4.39. The van der Waals surface area contributed by atoms with Crippen molar-refractivity contribution in [3.05, 3.63) is 36.0 Å². The number of carbonyl (C=O) groups is 1. The minimum absolute atomic E-state index is 0.0926. The van der Waals surface area contributed by atoms with Gasteiger partial charge in [-0.3, -0.25) is 4.79 Å². The van der Waals surface area contributed by atoms with Gasteiger partial charge in [-0.15, -0.1) is 0 Å². The van der Waals surface area contributed by atoms with E-state index >= 15 is 0 Å². The van der Waals surface area contributed by atoms with Gasteiger partial charge in [0.1, 0.15) is 0 Å². The standard InChI is InChI=1S/C20H27N3O/c1-3-10-23-13-18(17-6-4-5-7-19(17)23)20(24)21-14-11-15-8-9-16(12-14)22(15)2/h4-7,13-16H,3,8-12H2,1-2H3,(H,21,24). The zero-order valence-corrected chi connectivity index (χ0v) is 14.7. The van der Waals surface area contributed by atoms with E-state index in [1.54, 1.807) is 0 Å². The highest BCUT2D eigenvalue weighted by Crippen LogP contribution is 2.34. The summed E-state index contributed by atoms with van der Waals surface area (Å²) >= 11 is 0. The molecule has 2 bridgehead atoms. The summed E-state index contributed by atoms with van der Waals surface area (Å²) in [5.74, 6) is 0.0926. The molecular weight excluding hydrogens is 298 g/mol. The van der Waals surface area contributed by atoms with Gasteiger partial charge in [0.2, 0.25) is 0 Å². The predicted molar refractivity (Wildman–Crippen MR) is 97.3 cm³/mol. The monoisotopic (exact) mass is 325 g/mol. The fourth-order valence-electron chi connectivity index (χ4n) is 4.65. The normalized spacial score (nSPS) is 26.8. The molecule has 2 aliphatic heterocycles. The third kappa shape index (κ3) is 2.63. The van der Waals surface area contributed by atoms with E-state index in [0.717, 1.165) is 42.3 Å². The minimum Gasteiger partial charge on any atom is -0.349 e. The lowest BCUT2D eigenvalue weighted by Crippen LogP contribution is -2.48. The number of hydrogen-bond donors (Lipinski definition) is 1. The highest BCUT2D eigenvalue weighted by molar-refractivity contribution is 6.07. The number of nitrogens with zero attached hydrogens (tertiary/aromatic N) is 2. The van der Waals surface area contributed by atoms with Gasteiger partial charge in [-0.1, -0.05) is 25.1 Å². The molecule has 2 unspecified atom stereocenters. The summed E-state index contributed by atoms with van der Waals surface area (Å²) in [6.45, 7) is 3.12. The number of benzene rings is 1. The van der Waals surface area contributed by atoms with Crippen LogP contribution in [0.4, 0.5) is 0 Å². The van der Waals surface area contributed by atoms with E-state index < -0.39 is 0 Å². The van der Waals surface area contributed by atoms with Crippen molar-refractivity contribution in [2.75, 3.05) is 7.05 Å². The number of amides is 1. The number of aryl methyl sites for hydroxylation is 1. The number of carbonyl (C=O) groups excluding carboxylic acids is 1. The van der Waals surface area contributed by atoms with Crippen LogP contribution in [-0.4, -0.2) is 40.5 Å². The van der Waals surface area contributed by atoms with Gasteiger partial charge in [-0.05, 0) is 45.2 Å². The summed E-state index contributed by atoms with van der Waals surface area (Å²) < 4.78 is 2.21. The van der Waals surface area contributed by atoms with Gasteiger partial charge in [0.25, 0.3) is 5.91 Å². The van der Waals surface area contributed by atoms with Gasteiger partial charge >= 0.3 is 0 Å². The molecule has 0 aliphatic carbocycles. The molecule has 3 heterocycles. The summed E-state index contributed by atoms with van der Waals surface area (Å²) in [7, 11) is 2.23. The van der Waals surface area contributed by atoms with Crippen molar-refractivity contribution in [2.45, 2.75) is 63.7 Å². The third-order valence-electron chi connectivity index (χ3n) is 5.93. The molecule has 2 aliphatic rings.